The Labute approximate surface area is 109 Å². The van der Waals surface area contributed by atoms with Gasteiger partial charge in [0.1, 0.15) is 11.4 Å². The molecule has 0 bridgehead atoms. The second-order valence-electron chi connectivity index (χ2n) is 6.95. The second-order valence-corrected chi connectivity index (χ2v) is 6.95. The quantitative estimate of drug-likeness (QED) is 0.666. The minimum Gasteiger partial charge on any atom is -0.444 e. The zero-order valence-corrected chi connectivity index (χ0v) is 11.9. The summed E-state index contributed by atoms with van der Waals surface area (Å²) in [6.07, 6.45) is 1.52. The molecule has 1 saturated heterocycles. The van der Waals surface area contributed by atoms with Crippen molar-refractivity contribution in [3.63, 3.8) is 0 Å². The molecule has 0 spiro atoms. The van der Waals surface area contributed by atoms with E-state index in [0.29, 0.717) is 12.3 Å². The summed E-state index contributed by atoms with van der Waals surface area (Å²) in [5.74, 6) is 0.321. The lowest BCUT2D eigenvalue weighted by Gasteiger charge is -2.56. The van der Waals surface area contributed by atoms with Crippen LogP contribution in [0.25, 0.3) is 0 Å². The van der Waals surface area contributed by atoms with Crippen molar-refractivity contribution in [2.75, 3.05) is 6.54 Å². The number of hydrogen-bond donors (Lipinski definition) is 0. The molecule has 1 heterocycles. The number of nitrogens with zero attached hydrogens (tertiary/aromatic N) is 1. The van der Waals surface area contributed by atoms with Crippen LogP contribution >= 0.6 is 0 Å². The van der Waals surface area contributed by atoms with Crippen molar-refractivity contribution < 1.29 is 14.3 Å². The Morgan fingerprint density at radius 3 is 2.56 bits per heavy atom. The standard InChI is InChI=1S/C14H23NO3/c1-13(2,3)18-12(17)15-8-6-7-9-10(15)14(4,5)11(9)16/h9-10H,6-8H2,1-5H3/t9-,10+/m1/s1. The number of carbonyl (C=O) groups is 2. The van der Waals surface area contributed by atoms with Gasteiger partial charge in [0, 0.05) is 17.9 Å². The monoisotopic (exact) mass is 253 g/mol. The molecular weight excluding hydrogens is 230 g/mol. The van der Waals surface area contributed by atoms with E-state index >= 15 is 0 Å². The maximum Gasteiger partial charge on any atom is 0.410 e. The van der Waals surface area contributed by atoms with Crippen LogP contribution < -0.4 is 0 Å². The SMILES string of the molecule is CC(C)(C)OC(=O)N1CCC[C@H]2C(=O)C(C)(C)[C@H]21. The van der Waals surface area contributed by atoms with E-state index < -0.39 is 11.0 Å². The Balaban J connectivity index is 2.14. The maximum atomic E-state index is 12.2. The highest BCUT2D eigenvalue weighted by molar-refractivity contribution is 5.95. The van der Waals surface area contributed by atoms with Crippen LogP contribution in [0.15, 0.2) is 0 Å². The smallest absolute Gasteiger partial charge is 0.410 e. The van der Waals surface area contributed by atoms with Gasteiger partial charge in [-0.25, -0.2) is 4.79 Å². The fourth-order valence-corrected chi connectivity index (χ4v) is 3.22. The second kappa shape index (κ2) is 3.97. The Bertz CT molecular complexity index is 381. The first kappa shape index (κ1) is 13.4. The van der Waals surface area contributed by atoms with Crippen molar-refractivity contribution in [2.45, 2.75) is 59.1 Å². The topological polar surface area (TPSA) is 46.6 Å². The van der Waals surface area contributed by atoms with Crippen molar-refractivity contribution in [1.82, 2.24) is 4.90 Å². The molecule has 0 aromatic carbocycles. The van der Waals surface area contributed by atoms with Crippen LogP contribution in [-0.2, 0) is 9.53 Å². The first-order valence-corrected chi connectivity index (χ1v) is 6.68. The van der Waals surface area contributed by atoms with Crippen molar-refractivity contribution in [2.24, 2.45) is 11.3 Å². The fraction of sp³-hybridized carbons (Fsp3) is 0.857. The molecule has 0 N–H and O–H groups in total. The molecule has 2 aliphatic rings. The molecule has 0 unspecified atom stereocenters. The summed E-state index contributed by atoms with van der Waals surface area (Å²) in [5.41, 5.74) is -0.899. The molecule has 1 amide bonds. The molecular formula is C14H23NO3. The first-order chi connectivity index (χ1) is 8.14. The summed E-state index contributed by atoms with van der Waals surface area (Å²) < 4.78 is 5.43. The van der Waals surface area contributed by atoms with Gasteiger partial charge in [-0.2, -0.15) is 0 Å². The number of piperidine rings is 1. The van der Waals surface area contributed by atoms with Crippen molar-refractivity contribution in [3.8, 4) is 0 Å². The zero-order chi connectivity index (χ0) is 13.7. The third-order valence-electron chi connectivity index (χ3n) is 3.97. The zero-order valence-electron chi connectivity index (χ0n) is 11.9. The molecule has 4 heteroatoms. The lowest BCUT2D eigenvalue weighted by Crippen LogP contribution is -2.69. The number of amides is 1. The van der Waals surface area contributed by atoms with E-state index in [0.717, 1.165) is 12.8 Å². The third kappa shape index (κ3) is 2.02. The Kier molecular flexibility index (Phi) is 2.95. The van der Waals surface area contributed by atoms with Crippen molar-refractivity contribution in [3.05, 3.63) is 0 Å². The molecule has 1 aliphatic carbocycles. The molecule has 102 valence electrons. The molecule has 2 atom stereocenters. The van der Waals surface area contributed by atoms with Gasteiger partial charge < -0.3 is 9.64 Å². The number of ketones is 1. The van der Waals surface area contributed by atoms with Crippen molar-refractivity contribution >= 4 is 11.9 Å². The number of hydrogen-bond acceptors (Lipinski definition) is 3. The number of rotatable bonds is 0. The Morgan fingerprint density at radius 2 is 2.00 bits per heavy atom. The van der Waals surface area contributed by atoms with Crippen LogP contribution in [0.3, 0.4) is 0 Å². The van der Waals surface area contributed by atoms with E-state index in [4.69, 9.17) is 4.74 Å². The largest absolute Gasteiger partial charge is 0.444 e. The van der Waals surface area contributed by atoms with Gasteiger partial charge >= 0.3 is 6.09 Å². The molecule has 0 aromatic heterocycles. The van der Waals surface area contributed by atoms with Crippen LogP contribution in [0.2, 0.25) is 0 Å². The highest BCUT2D eigenvalue weighted by atomic mass is 16.6. The van der Waals surface area contributed by atoms with E-state index in [9.17, 15) is 9.59 Å². The number of Topliss-reactive ketones (excluding diaryl/α,β-unsaturated/α-hetero) is 1. The summed E-state index contributed by atoms with van der Waals surface area (Å²) in [7, 11) is 0. The average molecular weight is 253 g/mol. The summed E-state index contributed by atoms with van der Waals surface area (Å²) in [6.45, 7) is 10.2. The molecule has 2 rings (SSSR count). The van der Waals surface area contributed by atoms with Gasteiger partial charge in [0.15, 0.2) is 0 Å². The van der Waals surface area contributed by atoms with Gasteiger partial charge in [-0.1, -0.05) is 13.8 Å². The first-order valence-electron chi connectivity index (χ1n) is 6.68. The number of fused-ring (bicyclic) bond motifs is 1. The normalized spacial score (nSPS) is 30.5. The minimum absolute atomic E-state index is 0.0219. The molecule has 2 fully saturated rings. The average Bonchev–Trinajstić information content (AvgIpc) is 2.25. The van der Waals surface area contributed by atoms with Crippen molar-refractivity contribution in [1.29, 1.82) is 0 Å². The summed E-state index contributed by atoms with van der Waals surface area (Å²) in [5, 5.41) is 0. The molecule has 4 nitrogen and oxygen atoms in total. The van der Waals surface area contributed by atoms with Gasteiger partial charge in [0.25, 0.3) is 0 Å². The van der Waals surface area contributed by atoms with Gasteiger partial charge in [-0.3, -0.25) is 4.79 Å². The maximum absolute atomic E-state index is 12.2. The highest BCUT2D eigenvalue weighted by Crippen LogP contribution is 2.49. The molecule has 1 saturated carbocycles. The summed E-state index contributed by atoms with van der Waals surface area (Å²) in [6, 6.07) is 0.0219. The predicted octanol–water partition coefficient (Wildman–Crippen LogP) is 2.61. The fourth-order valence-electron chi connectivity index (χ4n) is 3.22. The van der Waals surface area contributed by atoms with Gasteiger partial charge in [0.05, 0.1) is 6.04 Å². The lowest BCUT2D eigenvalue weighted by atomic mass is 9.55. The van der Waals surface area contributed by atoms with Crippen LogP contribution in [-0.4, -0.2) is 35.0 Å². The van der Waals surface area contributed by atoms with Gasteiger partial charge in [-0.05, 0) is 33.6 Å². The summed E-state index contributed by atoms with van der Waals surface area (Å²) >= 11 is 0. The molecule has 0 radical (unpaired) electrons. The van der Waals surface area contributed by atoms with Crippen LogP contribution in [0, 0.1) is 11.3 Å². The van der Waals surface area contributed by atoms with Crippen LogP contribution in [0.1, 0.15) is 47.5 Å². The van der Waals surface area contributed by atoms with E-state index in [1.165, 1.54) is 0 Å². The number of likely N-dealkylation sites (tertiary alicyclic amines) is 1. The van der Waals surface area contributed by atoms with E-state index in [1.54, 1.807) is 4.90 Å². The van der Waals surface area contributed by atoms with E-state index in [1.807, 2.05) is 34.6 Å². The van der Waals surface area contributed by atoms with Gasteiger partial charge in [-0.15, -0.1) is 0 Å². The van der Waals surface area contributed by atoms with Gasteiger partial charge in [0.2, 0.25) is 0 Å². The lowest BCUT2D eigenvalue weighted by molar-refractivity contribution is -0.160. The van der Waals surface area contributed by atoms with Crippen LogP contribution in [0.5, 0.6) is 0 Å². The number of carbonyl (C=O) groups excluding carboxylic acids is 2. The molecule has 18 heavy (non-hydrogen) atoms. The Hall–Kier alpha value is -1.06. The van der Waals surface area contributed by atoms with E-state index in [-0.39, 0.29) is 18.1 Å². The number of ether oxygens (including phenoxy) is 1. The third-order valence-corrected chi connectivity index (χ3v) is 3.97. The van der Waals surface area contributed by atoms with Crippen LogP contribution in [0.4, 0.5) is 4.79 Å². The minimum atomic E-state index is -0.484. The van der Waals surface area contributed by atoms with E-state index in [2.05, 4.69) is 0 Å². The predicted molar refractivity (Wildman–Crippen MR) is 68.2 cm³/mol. The molecule has 0 aromatic rings. The molecule has 1 aliphatic heterocycles. The Morgan fingerprint density at radius 1 is 1.39 bits per heavy atom. The highest BCUT2D eigenvalue weighted by Gasteiger charge is 2.60. The summed E-state index contributed by atoms with van der Waals surface area (Å²) in [4.78, 5) is 25.9.